The molecular formula is C13H17F3N2OS. The third kappa shape index (κ3) is 3.52. The van der Waals surface area contributed by atoms with Crippen LogP contribution in [0.5, 0.6) is 0 Å². The molecule has 20 heavy (non-hydrogen) atoms. The first-order chi connectivity index (χ1) is 9.28. The molecule has 0 spiro atoms. The van der Waals surface area contributed by atoms with Crippen molar-refractivity contribution >= 4 is 17.2 Å². The Morgan fingerprint density at radius 2 is 2.15 bits per heavy atom. The van der Waals surface area contributed by atoms with E-state index in [0.29, 0.717) is 12.0 Å². The van der Waals surface area contributed by atoms with E-state index in [9.17, 15) is 18.0 Å². The summed E-state index contributed by atoms with van der Waals surface area (Å²) in [5.41, 5.74) is 0.707. The molecule has 3 nitrogen and oxygen atoms in total. The highest BCUT2D eigenvalue weighted by atomic mass is 32.1. The zero-order valence-electron chi connectivity index (χ0n) is 11.3. The summed E-state index contributed by atoms with van der Waals surface area (Å²) >= 11 is 1.40. The fourth-order valence-corrected chi connectivity index (χ4v) is 3.07. The minimum atomic E-state index is -4.39. The van der Waals surface area contributed by atoms with Crippen LogP contribution in [0.3, 0.4) is 0 Å². The van der Waals surface area contributed by atoms with Gasteiger partial charge < -0.3 is 4.90 Å². The number of thiophene rings is 1. The second-order valence-electron chi connectivity index (χ2n) is 5.39. The molecule has 1 saturated heterocycles. The smallest absolute Gasteiger partial charge is 0.312 e. The van der Waals surface area contributed by atoms with Crippen molar-refractivity contribution in [2.75, 3.05) is 6.54 Å². The van der Waals surface area contributed by atoms with E-state index in [-0.39, 0.29) is 5.92 Å². The van der Waals surface area contributed by atoms with Gasteiger partial charge in [0.2, 0.25) is 5.91 Å². The minimum Gasteiger partial charge on any atom is -0.312 e. The molecule has 2 unspecified atom stereocenters. The van der Waals surface area contributed by atoms with Crippen molar-refractivity contribution in [1.82, 2.24) is 10.2 Å². The van der Waals surface area contributed by atoms with Crippen LogP contribution in [0.15, 0.2) is 16.8 Å². The lowest BCUT2D eigenvalue weighted by atomic mass is 10.0. The van der Waals surface area contributed by atoms with Crippen molar-refractivity contribution in [1.29, 1.82) is 0 Å². The molecule has 1 amide bonds. The van der Waals surface area contributed by atoms with Gasteiger partial charge in [0.25, 0.3) is 0 Å². The first kappa shape index (κ1) is 15.3. The Bertz CT molecular complexity index is 459. The lowest BCUT2D eigenvalue weighted by Crippen LogP contribution is -2.38. The number of amides is 1. The lowest BCUT2D eigenvalue weighted by molar-refractivity contribution is -0.161. The van der Waals surface area contributed by atoms with E-state index < -0.39 is 30.8 Å². The van der Waals surface area contributed by atoms with Crippen LogP contribution in [0.1, 0.15) is 32.0 Å². The van der Waals surface area contributed by atoms with E-state index in [1.807, 2.05) is 13.8 Å². The Morgan fingerprint density at radius 3 is 2.65 bits per heavy atom. The second kappa shape index (κ2) is 5.73. The van der Waals surface area contributed by atoms with Gasteiger partial charge >= 0.3 is 6.18 Å². The van der Waals surface area contributed by atoms with Gasteiger partial charge in [-0.2, -0.15) is 24.5 Å². The summed E-state index contributed by atoms with van der Waals surface area (Å²) in [5, 5.41) is 6.59. The van der Waals surface area contributed by atoms with Crippen molar-refractivity contribution in [2.45, 2.75) is 38.7 Å². The number of alkyl halides is 3. The maximum absolute atomic E-state index is 12.7. The van der Waals surface area contributed by atoms with Crippen molar-refractivity contribution in [3.05, 3.63) is 22.4 Å². The van der Waals surface area contributed by atoms with E-state index >= 15 is 0 Å². The van der Waals surface area contributed by atoms with Gasteiger partial charge in [-0.25, -0.2) is 0 Å². The fraction of sp³-hybridized carbons (Fsp3) is 0.615. The Balaban J connectivity index is 2.21. The van der Waals surface area contributed by atoms with Gasteiger partial charge in [-0.15, -0.1) is 0 Å². The van der Waals surface area contributed by atoms with Crippen LogP contribution in [0, 0.1) is 5.92 Å². The molecule has 0 aliphatic carbocycles. The number of hydrogen-bond donors (Lipinski definition) is 1. The van der Waals surface area contributed by atoms with Crippen LogP contribution in [0.2, 0.25) is 0 Å². The molecule has 7 heteroatoms. The number of carbonyl (C=O) groups excluding carboxylic acids is 1. The van der Waals surface area contributed by atoms with E-state index in [0.717, 1.165) is 4.90 Å². The van der Waals surface area contributed by atoms with Crippen LogP contribution in [-0.4, -0.2) is 29.6 Å². The van der Waals surface area contributed by atoms with E-state index in [4.69, 9.17) is 0 Å². The Morgan fingerprint density at radius 1 is 1.45 bits per heavy atom. The predicted molar refractivity (Wildman–Crippen MR) is 71.2 cm³/mol. The number of halogens is 3. The van der Waals surface area contributed by atoms with Crippen LogP contribution < -0.4 is 5.32 Å². The average Bonchev–Trinajstić information content (AvgIpc) is 2.90. The standard InChI is InChI=1S/C13H17F3N2OS/c1-8(2)5-10-12(19)18(7-13(14,15)16)11(17-10)9-3-4-20-6-9/h3-4,6,8,10-11,17H,5,7H2,1-2H3. The largest absolute Gasteiger partial charge is 0.406 e. The van der Waals surface area contributed by atoms with Crippen LogP contribution >= 0.6 is 11.3 Å². The average molecular weight is 306 g/mol. The van der Waals surface area contributed by atoms with Gasteiger partial charge in [-0.1, -0.05) is 13.8 Å². The molecule has 1 aromatic heterocycles. The van der Waals surface area contributed by atoms with E-state index in [2.05, 4.69) is 5.32 Å². The number of nitrogens with zero attached hydrogens (tertiary/aromatic N) is 1. The summed E-state index contributed by atoms with van der Waals surface area (Å²) in [6.07, 6.45) is -4.54. The Labute approximate surface area is 119 Å². The summed E-state index contributed by atoms with van der Waals surface area (Å²) in [5.74, 6) is -0.224. The third-order valence-electron chi connectivity index (χ3n) is 3.17. The molecule has 0 saturated carbocycles. The Kier molecular flexibility index (Phi) is 4.39. The van der Waals surface area contributed by atoms with Crippen molar-refractivity contribution in [3.8, 4) is 0 Å². The molecule has 112 valence electrons. The molecule has 2 heterocycles. The highest BCUT2D eigenvalue weighted by molar-refractivity contribution is 7.07. The second-order valence-corrected chi connectivity index (χ2v) is 6.17. The van der Waals surface area contributed by atoms with Gasteiger partial charge in [-0.3, -0.25) is 10.1 Å². The third-order valence-corrected chi connectivity index (χ3v) is 3.87. The van der Waals surface area contributed by atoms with Gasteiger partial charge in [0.05, 0.1) is 6.04 Å². The molecule has 2 rings (SSSR count). The van der Waals surface area contributed by atoms with Gasteiger partial charge in [0, 0.05) is 0 Å². The minimum absolute atomic E-state index is 0.241. The van der Waals surface area contributed by atoms with Gasteiger partial charge in [0.1, 0.15) is 12.7 Å². The summed E-state index contributed by atoms with van der Waals surface area (Å²) in [6, 6.07) is 1.21. The highest BCUT2D eigenvalue weighted by Crippen LogP contribution is 2.31. The fourth-order valence-electron chi connectivity index (χ4n) is 2.39. The molecule has 0 aromatic carbocycles. The van der Waals surface area contributed by atoms with Crippen LogP contribution in [0.4, 0.5) is 13.2 Å². The van der Waals surface area contributed by atoms with Crippen molar-refractivity contribution < 1.29 is 18.0 Å². The van der Waals surface area contributed by atoms with Crippen LogP contribution in [-0.2, 0) is 4.79 Å². The van der Waals surface area contributed by atoms with Gasteiger partial charge in [0.15, 0.2) is 0 Å². The zero-order valence-corrected chi connectivity index (χ0v) is 12.1. The number of hydrogen-bond acceptors (Lipinski definition) is 3. The molecule has 2 atom stereocenters. The Hall–Kier alpha value is -1.08. The summed E-state index contributed by atoms with van der Waals surface area (Å²) in [7, 11) is 0. The van der Waals surface area contributed by atoms with Crippen molar-refractivity contribution in [3.63, 3.8) is 0 Å². The maximum atomic E-state index is 12.7. The topological polar surface area (TPSA) is 32.3 Å². The molecule has 1 aliphatic heterocycles. The molecule has 1 aliphatic rings. The molecule has 1 fully saturated rings. The first-order valence-electron chi connectivity index (χ1n) is 6.43. The molecule has 1 aromatic rings. The summed E-state index contributed by atoms with van der Waals surface area (Å²) in [4.78, 5) is 13.1. The number of nitrogens with one attached hydrogen (secondary N) is 1. The van der Waals surface area contributed by atoms with Crippen LogP contribution in [0.25, 0.3) is 0 Å². The molecule has 0 radical (unpaired) electrons. The number of carbonyl (C=O) groups is 1. The molecule has 0 bridgehead atoms. The molecule has 1 N–H and O–H groups in total. The van der Waals surface area contributed by atoms with Crippen molar-refractivity contribution in [2.24, 2.45) is 5.92 Å². The predicted octanol–water partition coefficient (Wildman–Crippen LogP) is 3.16. The molecular weight excluding hydrogens is 289 g/mol. The highest BCUT2D eigenvalue weighted by Gasteiger charge is 2.45. The van der Waals surface area contributed by atoms with E-state index in [1.165, 1.54) is 11.3 Å². The monoisotopic (exact) mass is 306 g/mol. The summed E-state index contributed by atoms with van der Waals surface area (Å²) < 4.78 is 38.0. The SMILES string of the molecule is CC(C)CC1NC(c2ccsc2)N(CC(F)(F)F)C1=O. The summed E-state index contributed by atoms with van der Waals surface area (Å²) in [6.45, 7) is 2.68. The van der Waals surface area contributed by atoms with Gasteiger partial charge in [-0.05, 0) is 34.7 Å². The first-order valence-corrected chi connectivity index (χ1v) is 7.37. The number of rotatable bonds is 4. The zero-order chi connectivity index (χ0) is 14.9. The van der Waals surface area contributed by atoms with E-state index in [1.54, 1.807) is 16.8 Å². The normalized spacial score (nSPS) is 23.9. The lowest BCUT2D eigenvalue weighted by Gasteiger charge is -2.24. The quantitative estimate of drug-likeness (QED) is 0.927. The maximum Gasteiger partial charge on any atom is 0.406 e.